The van der Waals surface area contributed by atoms with Crippen LogP contribution in [0.5, 0.6) is 0 Å². The predicted molar refractivity (Wildman–Crippen MR) is 89.7 cm³/mol. The van der Waals surface area contributed by atoms with Gasteiger partial charge in [-0.2, -0.15) is 0 Å². The largest absolute Gasteiger partial charge is 0.378 e. The molecule has 1 N–H and O–H groups in total. The Balaban J connectivity index is 1.56. The minimum atomic E-state index is 0.459. The van der Waals surface area contributed by atoms with E-state index in [-0.39, 0.29) is 0 Å². The summed E-state index contributed by atoms with van der Waals surface area (Å²) in [5.74, 6) is 0.645. The van der Waals surface area contributed by atoms with Crippen LogP contribution < -0.4 is 5.32 Å². The molecule has 2 rings (SSSR count). The van der Waals surface area contributed by atoms with E-state index in [1.807, 2.05) is 0 Å². The van der Waals surface area contributed by atoms with E-state index < -0.39 is 0 Å². The molecule has 3 nitrogen and oxygen atoms in total. The maximum atomic E-state index is 5.85. The fourth-order valence-electron chi connectivity index (χ4n) is 3.82. The van der Waals surface area contributed by atoms with Crippen LogP contribution >= 0.6 is 0 Å². The molecule has 0 bridgehead atoms. The Morgan fingerprint density at radius 1 is 1.14 bits per heavy atom. The lowest BCUT2D eigenvalue weighted by Gasteiger charge is -2.33. The van der Waals surface area contributed by atoms with Gasteiger partial charge < -0.3 is 15.0 Å². The third kappa shape index (κ3) is 5.88. The van der Waals surface area contributed by atoms with Gasteiger partial charge in [0.2, 0.25) is 0 Å². The molecule has 0 radical (unpaired) electrons. The lowest BCUT2D eigenvalue weighted by Crippen LogP contribution is -2.42. The molecule has 0 amide bonds. The third-order valence-electron chi connectivity index (χ3n) is 5.38. The van der Waals surface area contributed by atoms with Gasteiger partial charge in [-0.25, -0.2) is 0 Å². The molecule has 2 fully saturated rings. The molecular formula is C18H36N2O. The van der Waals surface area contributed by atoms with Gasteiger partial charge in [0, 0.05) is 18.7 Å². The number of ether oxygens (including phenoxy) is 1. The van der Waals surface area contributed by atoms with Gasteiger partial charge in [0.1, 0.15) is 0 Å². The summed E-state index contributed by atoms with van der Waals surface area (Å²) in [5, 5.41) is 3.76. The van der Waals surface area contributed by atoms with Crippen LogP contribution in [-0.2, 0) is 4.74 Å². The molecule has 1 aliphatic carbocycles. The van der Waals surface area contributed by atoms with Crippen molar-refractivity contribution in [2.75, 3.05) is 26.7 Å². The van der Waals surface area contributed by atoms with Gasteiger partial charge in [-0.3, -0.25) is 0 Å². The molecule has 2 unspecified atom stereocenters. The highest BCUT2D eigenvalue weighted by atomic mass is 16.5. The first-order valence-electron chi connectivity index (χ1n) is 9.22. The summed E-state index contributed by atoms with van der Waals surface area (Å²) >= 11 is 0. The summed E-state index contributed by atoms with van der Waals surface area (Å²) in [4.78, 5) is 2.60. The smallest absolute Gasteiger partial charge is 0.0612 e. The standard InChI is InChI=1S/C18H36N2O/c1-15(2)18-14-16(10-13-21-18)19-11-7-12-20(3)17-8-5-4-6-9-17/h15-19H,4-14H2,1-3H3. The molecule has 1 aliphatic heterocycles. The van der Waals surface area contributed by atoms with Crippen molar-refractivity contribution in [3.8, 4) is 0 Å². The Morgan fingerprint density at radius 2 is 1.90 bits per heavy atom. The zero-order valence-corrected chi connectivity index (χ0v) is 14.4. The number of hydrogen-bond donors (Lipinski definition) is 1. The summed E-state index contributed by atoms with van der Waals surface area (Å²) in [6.45, 7) is 7.88. The summed E-state index contributed by atoms with van der Waals surface area (Å²) in [7, 11) is 2.32. The van der Waals surface area contributed by atoms with Crippen LogP contribution in [0.4, 0.5) is 0 Å². The van der Waals surface area contributed by atoms with Crippen LogP contribution in [0.3, 0.4) is 0 Å². The van der Waals surface area contributed by atoms with E-state index in [2.05, 4.69) is 31.1 Å². The van der Waals surface area contributed by atoms with Crippen LogP contribution in [-0.4, -0.2) is 49.8 Å². The molecule has 0 spiro atoms. The van der Waals surface area contributed by atoms with Crippen LogP contribution in [0, 0.1) is 5.92 Å². The van der Waals surface area contributed by atoms with Crippen molar-refractivity contribution in [2.45, 2.75) is 83.4 Å². The lowest BCUT2D eigenvalue weighted by molar-refractivity contribution is -0.0243. The van der Waals surface area contributed by atoms with E-state index in [1.54, 1.807) is 0 Å². The Hall–Kier alpha value is -0.120. The topological polar surface area (TPSA) is 24.5 Å². The number of rotatable bonds is 7. The van der Waals surface area contributed by atoms with Gasteiger partial charge in [0.15, 0.2) is 0 Å². The van der Waals surface area contributed by atoms with Gasteiger partial charge in [-0.1, -0.05) is 33.1 Å². The number of nitrogens with one attached hydrogen (secondary N) is 1. The van der Waals surface area contributed by atoms with Crippen LogP contribution in [0.1, 0.15) is 65.2 Å². The second-order valence-corrected chi connectivity index (χ2v) is 7.45. The van der Waals surface area contributed by atoms with Crippen molar-refractivity contribution >= 4 is 0 Å². The van der Waals surface area contributed by atoms with Crippen molar-refractivity contribution in [2.24, 2.45) is 5.92 Å². The molecule has 0 aromatic carbocycles. The Kier molecular flexibility index (Phi) is 7.48. The minimum Gasteiger partial charge on any atom is -0.378 e. The van der Waals surface area contributed by atoms with E-state index in [1.165, 1.54) is 57.9 Å². The second kappa shape index (κ2) is 9.12. The molecule has 0 aromatic rings. The van der Waals surface area contributed by atoms with E-state index in [9.17, 15) is 0 Å². The summed E-state index contributed by atoms with van der Waals surface area (Å²) in [6.07, 6.45) is 11.3. The van der Waals surface area contributed by atoms with Gasteiger partial charge in [-0.05, 0) is 58.2 Å². The normalized spacial score (nSPS) is 28.4. The quantitative estimate of drug-likeness (QED) is 0.728. The highest BCUT2D eigenvalue weighted by Gasteiger charge is 2.24. The average Bonchev–Trinajstić information content (AvgIpc) is 2.52. The molecule has 2 aliphatic rings. The van der Waals surface area contributed by atoms with Gasteiger partial charge in [0.05, 0.1) is 6.10 Å². The maximum Gasteiger partial charge on any atom is 0.0612 e. The zero-order valence-electron chi connectivity index (χ0n) is 14.4. The first-order valence-corrected chi connectivity index (χ1v) is 9.22. The van der Waals surface area contributed by atoms with E-state index in [0.29, 0.717) is 18.1 Å². The maximum absolute atomic E-state index is 5.85. The summed E-state index contributed by atoms with van der Waals surface area (Å²) in [6, 6.07) is 1.53. The molecule has 1 saturated heterocycles. The number of hydrogen-bond acceptors (Lipinski definition) is 3. The Bertz CT molecular complexity index is 276. The highest BCUT2D eigenvalue weighted by Crippen LogP contribution is 2.22. The van der Waals surface area contributed by atoms with Crippen molar-refractivity contribution in [1.82, 2.24) is 10.2 Å². The molecule has 0 aromatic heterocycles. The van der Waals surface area contributed by atoms with Crippen LogP contribution in [0.15, 0.2) is 0 Å². The Labute approximate surface area is 131 Å². The zero-order chi connectivity index (χ0) is 15.1. The molecule has 124 valence electrons. The molecular weight excluding hydrogens is 260 g/mol. The predicted octanol–water partition coefficient (Wildman–Crippen LogP) is 3.43. The SMILES string of the molecule is CC(C)C1CC(NCCCN(C)C2CCCCC2)CCO1. The van der Waals surface area contributed by atoms with Gasteiger partial charge in [0.25, 0.3) is 0 Å². The fraction of sp³-hybridized carbons (Fsp3) is 1.00. The molecule has 1 heterocycles. The van der Waals surface area contributed by atoms with Crippen molar-refractivity contribution in [3.63, 3.8) is 0 Å². The van der Waals surface area contributed by atoms with Crippen LogP contribution in [0.25, 0.3) is 0 Å². The summed E-state index contributed by atoms with van der Waals surface area (Å²) < 4.78 is 5.85. The highest BCUT2D eigenvalue weighted by molar-refractivity contribution is 4.79. The van der Waals surface area contributed by atoms with E-state index >= 15 is 0 Å². The molecule has 21 heavy (non-hydrogen) atoms. The first-order chi connectivity index (χ1) is 10.2. The average molecular weight is 296 g/mol. The molecule has 1 saturated carbocycles. The number of nitrogens with zero attached hydrogens (tertiary/aromatic N) is 1. The fourth-order valence-corrected chi connectivity index (χ4v) is 3.82. The van der Waals surface area contributed by atoms with E-state index in [0.717, 1.165) is 19.2 Å². The Morgan fingerprint density at radius 3 is 2.62 bits per heavy atom. The monoisotopic (exact) mass is 296 g/mol. The lowest BCUT2D eigenvalue weighted by atomic mass is 9.94. The second-order valence-electron chi connectivity index (χ2n) is 7.45. The van der Waals surface area contributed by atoms with Crippen molar-refractivity contribution in [1.29, 1.82) is 0 Å². The summed E-state index contributed by atoms with van der Waals surface area (Å²) in [5.41, 5.74) is 0. The van der Waals surface area contributed by atoms with Gasteiger partial charge in [-0.15, -0.1) is 0 Å². The van der Waals surface area contributed by atoms with Gasteiger partial charge >= 0.3 is 0 Å². The first kappa shape index (κ1) is 17.2. The minimum absolute atomic E-state index is 0.459. The molecule has 2 atom stereocenters. The molecule has 3 heteroatoms. The van der Waals surface area contributed by atoms with Crippen molar-refractivity contribution in [3.05, 3.63) is 0 Å². The van der Waals surface area contributed by atoms with E-state index in [4.69, 9.17) is 4.74 Å². The van der Waals surface area contributed by atoms with Crippen molar-refractivity contribution < 1.29 is 4.74 Å². The third-order valence-corrected chi connectivity index (χ3v) is 5.38. The van der Waals surface area contributed by atoms with Crippen LogP contribution in [0.2, 0.25) is 0 Å².